The van der Waals surface area contributed by atoms with E-state index in [1.807, 2.05) is 34.6 Å². The average molecular weight is 403 g/mol. The van der Waals surface area contributed by atoms with Crippen molar-refractivity contribution < 1.29 is 14.1 Å². The van der Waals surface area contributed by atoms with E-state index in [9.17, 15) is 9.59 Å². The van der Waals surface area contributed by atoms with E-state index < -0.39 is 6.04 Å². The van der Waals surface area contributed by atoms with Gasteiger partial charge in [-0.1, -0.05) is 39.8 Å². The van der Waals surface area contributed by atoms with Crippen LogP contribution >= 0.6 is 0 Å². The van der Waals surface area contributed by atoms with Gasteiger partial charge in [0.25, 0.3) is 0 Å². The molecule has 1 fully saturated rings. The van der Waals surface area contributed by atoms with E-state index in [2.05, 4.69) is 30.6 Å². The summed E-state index contributed by atoms with van der Waals surface area (Å²) in [5.74, 6) is 0.638. The topological polar surface area (TPSA) is 130 Å². The van der Waals surface area contributed by atoms with Gasteiger partial charge in [-0.05, 0) is 18.3 Å². The number of nitrogens with one attached hydrogen (secondary N) is 2. The molecule has 1 saturated heterocycles. The molecule has 0 aliphatic carbocycles. The first-order valence-corrected chi connectivity index (χ1v) is 9.95. The second-order valence-corrected chi connectivity index (χ2v) is 8.88. The Morgan fingerprint density at radius 1 is 1.34 bits per heavy atom. The SMILES string of the molecule is CC(C)C(=O)N1CCCC(C(=O)NC(c2nc(-c3ncn[nH]3)no2)C(C)(C)C)C1. The van der Waals surface area contributed by atoms with Gasteiger partial charge in [-0.2, -0.15) is 10.1 Å². The number of aromatic amines is 1. The van der Waals surface area contributed by atoms with Crippen LogP contribution in [-0.2, 0) is 9.59 Å². The minimum atomic E-state index is -0.477. The molecule has 0 spiro atoms. The summed E-state index contributed by atoms with van der Waals surface area (Å²) < 4.78 is 5.43. The fraction of sp³-hybridized carbons (Fsp3) is 0.684. The number of rotatable bonds is 5. The van der Waals surface area contributed by atoms with Gasteiger partial charge in [0, 0.05) is 19.0 Å². The highest BCUT2D eigenvalue weighted by molar-refractivity contribution is 5.82. The predicted octanol–water partition coefficient (Wildman–Crippen LogP) is 1.95. The van der Waals surface area contributed by atoms with Crippen LogP contribution in [0.15, 0.2) is 10.9 Å². The van der Waals surface area contributed by atoms with Crippen molar-refractivity contribution in [1.29, 1.82) is 0 Å². The number of hydrogen-bond donors (Lipinski definition) is 2. The maximum atomic E-state index is 13.0. The van der Waals surface area contributed by atoms with Gasteiger partial charge in [-0.15, -0.1) is 0 Å². The predicted molar refractivity (Wildman–Crippen MR) is 104 cm³/mol. The Balaban J connectivity index is 1.74. The van der Waals surface area contributed by atoms with Crippen LogP contribution in [0.5, 0.6) is 0 Å². The summed E-state index contributed by atoms with van der Waals surface area (Å²) in [6, 6.07) is -0.477. The van der Waals surface area contributed by atoms with Gasteiger partial charge in [0.1, 0.15) is 12.4 Å². The highest BCUT2D eigenvalue weighted by Gasteiger charge is 2.36. The van der Waals surface area contributed by atoms with Gasteiger partial charge >= 0.3 is 0 Å². The summed E-state index contributed by atoms with van der Waals surface area (Å²) in [4.78, 5) is 35.6. The van der Waals surface area contributed by atoms with E-state index in [-0.39, 0.29) is 34.9 Å². The zero-order valence-corrected chi connectivity index (χ0v) is 17.6. The molecule has 3 rings (SSSR count). The van der Waals surface area contributed by atoms with Crippen LogP contribution in [0.1, 0.15) is 59.4 Å². The molecule has 0 bridgehead atoms. The smallest absolute Gasteiger partial charge is 0.250 e. The molecule has 2 unspecified atom stereocenters. The third kappa shape index (κ3) is 4.80. The van der Waals surface area contributed by atoms with Crippen molar-refractivity contribution in [2.75, 3.05) is 13.1 Å². The summed E-state index contributed by atoms with van der Waals surface area (Å²) in [5, 5.41) is 13.5. The molecule has 2 amide bonds. The average Bonchev–Trinajstić information content (AvgIpc) is 3.35. The fourth-order valence-corrected chi connectivity index (χ4v) is 3.43. The van der Waals surface area contributed by atoms with E-state index >= 15 is 0 Å². The largest absolute Gasteiger partial charge is 0.343 e. The molecule has 2 aromatic rings. The van der Waals surface area contributed by atoms with Crippen molar-refractivity contribution >= 4 is 11.8 Å². The Bertz CT molecular complexity index is 838. The number of carbonyl (C=O) groups excluding carboxylic acids is 2. The first kappa shape index (κ1) is 20.9. The summed E-state index contributed by atoms with van der Waals surface area (Å²) in [5.41, 5.74) is -0.358. The Morgan fingerprint density at radius 2 is 2.10 bits per heavy atom. The molecular weight excluding hydrogens is 374 g/mol. The van der Waals surface area contributed by atoms with Crippen LogP contribution in [0.4, 0.5) is 0 Å². The van der Waals surface area contributed by atoms with Gasteiger partial charge < -0.3 is 14.7 Å². The lowest BCUT2D eigenvalue weighted by Crippen LogP contribution is -2.48. The van der Waals surface area contributed by atoms with E-state index in [0.717, 1.165) is 12.8 Å². The van der Waals surface area contributed by atoms with Crippen LogP contribution in [0.2, 0.25) is 0 Å². The van der Waals surface area contributed by atoms with E-state index in [0.29, 0.717) is 24.8 Å². The number of amides is 2. The quantitative estimate of drug-likeness (QED) is 0.780. The molecule has 2 aromatic heterocycles. The second kappa shape index (κ2) is 8.30. The lowest BCUT2D eigenvalue weighted by atomic mass is 9.85. The lowest BCUT2D eigenvalue weighted by Gasteiger charge is -2.35. The lowest BCUT2D eigenvalue weighted by molar-refractivity contribution is -0.138. The summed E-state index contributed by atoms with van der Waals surface area (Å²) in [6.45, 7) is 10.9. The number of carbonyl (C=O) groups is 2. The van der Waals surface area contributed by atoms with Crippen LogP contribution in [0.3, 0.4) is 0 Å². The van der Waals surface area contributed by atoms with Crippen molar-refractivity contribution in [2.24, 2.45) is 17.3 Å². The summed E-state index contributed by atoms with van der Waals surface area (Å²) in [6.07, 6.45) is 2.92. The summed E-state index contributed by atoms with van der Waals surface area (Å²) >= 11 is 0. The normalized spacial score (nSPS) is 18.7. The van der Waals surface area contributed by atoms with Gasteiger partial charge in [-0.3, -0.25) is 14.7 Å². The first-order chi connectivity index (χ1) is 13.7. The monoisotopic (exact) mass is 403 g/mol. The molecule has 0 aromatic carbocycles. The first-order valence-electron chi connectivity index (χ1n) is 9.95. The Hall–Kier alpha value is -2.78. The molecule has 2 N–H and O–H groups in total. The molecule has 1 aliphatic heterocycles. The molecule has 2 atom stereocenters. The van der Waals surface area contributed by atoms with Crippen molar-refractivity contribution in [3.8, 4) is 11.6 Å². The Kier molecular flexibility index (Phi) is 5.99. The van der Waals surface area contributed by atoms with Crippen molar-refractivity contribution in [3.63, 3.8) is 0 Å². The molecule has 0 saturated carbocycles. The van der Waals surface area contributed by atoms with Gasteiger partial charge in [-0.25, -0.2) is 4.98 Å². The van der Waals surface area contributed by atoms with Crippen LogP contribution < -0.4 is 5.32 Å². The standard InChI is InChI=1S/C19H29N7O3/c1-11(2)18(28)26-8-6-7-12(9-26)16(27)22-13(19(3,4)5)17-23-15(25-29-17)14-20-10-21-24-14/h10-13H,6-9H2,1-5H3,(H,22,27)(H,20,21,24). The minimum absolute atomic E-state index is 0.0768. The highest BCUT2D eigenvalue weighted by atomic mass is 16.5. The zero-order valence-electron chi connectivity index (χ0n) is 17.6. The number of likely N-dealkylation sites (tertiary alicyclic amines) is 1. The summed E-state index contributed by atoms with van der Waals surface area (Å²) in [7, 11) is 0. The Labute approximate surface area is 169 Å². The van der Waals surface area contributed by atoms with E-state index in [1.165, 1.54) is 6.33 Å². The molecular formula is C19H29N7O3. The van der Waals surface area contributed by atoms with E-state index in [1.54, 1.807) is 4.90 Å². The molecule has 10 nitrogen and oxygen atoms in total. The van der Waals surface area contributed by atoms with Gasteiger partial charge in [0.15, 0.2) is 5.82 Å². The van der Waals surface area contributed by atoms with Crippen LogP contribution in [0.25, 0.3) is 11.6 Å². The second-order valence-electron chi connectivity index (χ2n) is 8.88. The maximum absolute atomic E-state index is 13.0. The van der Waals surface area contributed by atoms with Crippen LogP contribution in [0, 0.1) is 17.3 Å². The van der Waals surface area contributed by atoms with Crippen molar-refractivity contribution in [1.82, 2.24) is 35.5 Å². The molecule has 158 valence electrons. The molecule has 0 radical (unpaired) electrons. The van der Waals surface area contributed by atoms with Gasteiger partial charge in [0.05, 0.1) is 5.92 Å². The molecule has 10 heteroatoms. The molecule has 3 heterocycles. The highest BCUT2D eigenvalue weighted by Crippen LogP contribution is 2.33. The number of H-pyrrole nitrogens is 1. The third-order valence-electron chi connectivity index (χ3n) is 5.07. The third-order valence-corrected chi connectivity index (χ3v) is 5.07. The molecule has 1 aliphatic rings. The van der Waals surface area contributed by atoms with Crippen LogP contribution in [-0.4, -0.2) is 55.1 Å². The fourth-order valence-electron chi connectivity index (χ4n) is 3.43. The number of nitrogens with zero attached hydrogens (tertiary/aromatic N) is 5. The maximum Gasteiger partial charge on any atom is 0.250 e. The minimum Gasteiger partial charge on any atom is -0.343 e. The van der Waals surface area contributed by atoms with E-state index in [4.69, 9.17) is 4.52 Å². The number of aromatic nitrogens is 5. The number of hydrogen-bond acceptors (Lipinski definition) is 7. The zero-order chi connectivity index (χ0) is 21.2. The van der Waals surface area contributed by atoms with Gasteiger partial charge in [0.2, 0.25) is 23.5 Å². The molecule has 29 heavy (non-hydrogen) atoms. The number of piperidine rings is 1. The van der Waals surface area contributed by atoms with Crippen molar-refractivity contribution in [3.05, 3.63) is 12.2 Å². The Morgan fingerprint density at radius 3 is 2.72 bits per heavy atom. The van der Waals surface area contributed by atoms with Crippen molar-refractivity contribution in [2.45, 2.75) is 53.5 Å².